The van der Waals surface area contributed by atoms with E-state index < -0.39 is 0 Å². The van der Waals surface area contributed by atoms with Crippen molar-refractivity contribution in [3.05, 3.63) is 57.3 Å². The molecular weight excluding hydrogens is 316 g/mol. The topological polar surface area (TPSA) is 55.0 Å². The predicted octanol–water partition coefficient (Wildman–Crippen LogP) is 4.06. The molecule has 6 heteroatoms. The Balaban J connectivity index is 1.74. The number of hydrogen-bond donors (Lipinski definition) is 1. The van der Waals surface area contributed by atoms with Crippen LogP contribution >= 0.6 is 23.6 Å². The summed E-state index contributed by atoms with van der Waals surface area (Å²) >= 11 is 6.57. The van der Waals surface area contributed by atoms with Crippen molar-refractivity contribution in [2.75, 3.05) is 6.61 Å². The number of carbonyl (C=O) groups is 1. The number of benzene rings is 1. The SMILES string of the molecule is Cc1c(C(=O)OCCc2ccccc2)sc2nc[nH]c(=S)c12. The van der Waals surface area contributed by atoms with Crippen molar-refractivity contribution in [2.24, 2.45) is 0 Å². The van der Waals surface area contributed by atoms with Crippen molar-refractivity contribution in [2.45, 2.75) is 13.3 Å². The molecule has 2 heterocycles. The lowest BCUT2D eigenvalue weighted by Gasteiger charge is -2.04. The lowest BCUT2D eigenvalue weighted by Crippen LogP contribution is -2.07. The number of thiophene rings is 1. The number of carbonyl (C=O) groups excluding carboxylic acids is 1. The summed E-state index contributed by atoms with van der Waals surface area (Å²) in [7, 11) is 0. The first kappa shape index (κ1) is 14.9. The average Bonchev–Trinajstić information content (AvgIpc) is 2.87. The van der Waals surface area contributed by atoms with E-state index in [0.717, 1.165) is 21.3 Å². The average molecular weight is 330 g/mol. The minimum Gasteiger partial charge on any atom is -0.461 e. The van der Waals surface area contributed by atoms with Gasteiger partial charge in [0.15, 0.2) is 0 Å². The first-order valence-corrected chi connectivity index (χ1v) is 8.07. The van der Waals surface area contributed by atoms with Crippen molar-refractivity contribution in [3.8, 4) is 0 Å². The fraction of sp³-hybridized carbons (Fsp3) is 0.188. The molecule has 3 rings (SSSR count). The van der Waals surface area contributed by atoms with E-state index in [1.165, 1.54) is 11.3 Å². The van der Waals surface area contributed by atoms with Gasteiger partial charge in [0.2, 0.25) is 0 Å². The standard InChI is InChI=1S/C16H14N2O2S2/c1-10-12-14(21)17-9-18-15(12)22-13(10)16(19)20-8-7-11-5-3-2-4-6-11/h2-6,9H,7-8H2,1H3,(H,17,18,21). The number of aromatic amines is 1. The van der Waals surface area contributed by atoms with Crippen molar-refractivity contribution >= 4 is 39.7 Å². The van der Waals surface area contributed by atoms with Gasteiger partial charge in [0, 0.05) is 11.8 Å². The van der Waals surface area contributed by atoms with Gasteiger partial charge >= 0.3 is 5.97 Å². The first-order chi connectivity index (χ1) is 10.7. The molecule has 0 aliphatic rings. The molecule has 0 spiro atoms. The predicted molar refractivity (Wildman–Crippen MR) is 90.0 cm³/mol. The molecule has 1 N–H and O–H groups in total. The number of rotatable bonds is 4. The molecule has 22 heavy (non-hydrogen) atoms. The molecule has 0 atom stereocenters. The van der Waals surface area contributed by atoms with Crippen LogP contribution in [0.2, 0.25) is 0 Å². The molecule has 0 aliphatic carbocycles. The molecule has 0 radical (unpaired) electrons. The molecule has 0 aliphatic heterocycles. The normalized spacial score (nSPS) is 10.8. The van der Waals surface area contributed by atoms with Crippen LogP contribution in [0.4, 0.5) is 0 Å². The second-order valence-electron chi connectivity index (χ2n) is 4.84. The summed E-state index contributed by atoms with van der Waals surface area (Å²) in [6.45, 7) is 2.23. The van der Waals surface area contributed by atoms with Gasteiger partial charge in [0.05, 0.1) is 12.9 Å². The minimum atomic E-state index is -0.314. The van der Waals surface area contributed by atoms with Gasteiger partial charge in [-0.1, -0.05) is 42.5 Å². The van der Waals surface area contributed by atoms with Crippen LogP contribution in [0.1, 0.15) is 20.8 Å². The van der Waals surface area contributed by atoms with Crippen molar-refractivity contribution in [1.82, 2.24) is 9.97 Å². The molecule has 2 aromatic heterocycles. The third kappa shape index (κ3) is 2.93. The number of H-pyrrole nitrogens is 1. The lowest BCUT2D eigenvalue weighted by atomic mass is 10.2. The van der Waals surface area contributed by atoms with E-state index in [-0.39, 0.29) is 5.97 Å². The van der Waals surface area contributed by atoms with E-state index in [4.69, 9.17) is 17.0 Å². The highest BCUT2D eigenvalue weighted by atomic mass is 32.1. The highest BCUT2D eigenvalue weighted by molar-refractivity contribution is 7.71. The van der Waals surface area contributed by atoms with E-state index in [0.29, 0.717) is 22.5 Å². The zero-order valence-electron chi connectivity index (χ0n) is 12.0. The van der Waals surface area contributed by atoms with Gasteiger partial charge in [-0.2, -0.15) is 0 Å². The Bertz CT molecular complexity index is 869. The number of nitrogens with one attached hydrogen (secondary N) is 1. The minimum absolute atomic E-state index is 0.314. The van der Waals surface area contributed by atoms with Gasteiger partial charge in [-0.15, -0.1) is 11.3 Å². The molecule has 0 amide bonds. The van der Waals surface area contributed by atoms with Crippen LogP contribution in [-0.2, 0) is 11.2 Å². The molecule has 0 saturated carbocycles. The van der Waals surface area contributed by atoms with Crippen molar-refractivity contribution in [3.63, 3.8) is 0 Å². The number of esters is 1. The van der Waals surface area contributed by atoms with Crippen LogP contribution in [-0.4, -0.2) is 22.5 Å². The Kier molecular flexibility index (Phi) is 4.31. The van der Waals surface area contributed by atoms with Crippen LogP contribution in [0.25, 0.3) is 10.2 Å². The Labute approximate surface area is 136 Å². The summed E-state index contributed by atoms with van der Waals surface area (Å²) in [5.74, 6) is -0.314. The third-order valence-electron chi connectivity index (χ3n) is 3.38. The molecule has 4 nitrogen and oxygen atoms in total. The number of ether oxygens (including phenoxy) is 1. The highest BCUT2D eigenvalue weighted by Crippen LogP contribution is 2.29. The molecule has 112 valence electrons. The number of nitrogens with zero attached hydrogens (tertiary/aromatic N) is 1. The molecular formula is C16H14N2O2S2. The number of hydrogen-bond acceptors (Lipinski definition) is 5. The zero-order chi connectivity index (χ0) is 15.5. The molecule has 0 unspecified atom stereocenters. The number of aryl methyl sites for hydroxylation is 1. The van der Waals surface area contributed by atoms with E-state index in [1.807, 2.05) is 37.3 Å². The first-order valence-electron chi connectivity index (χ1n) is 6.84. The molecule has 0 fully saturated rings. The van der Waals surface area contributed by atoms with Gasteiger partial charge in [-0.3, -0.25) is 0 Å². The Morgan fingerprint density at radius 1 is 1.36 bits per heavy atom. The Hall–Kier alpha value is -2.05. The fourth-order valence-electron chi connectivity index (χ4n) is 2.24. The van der Waals surface area contributed by atoms with Crippen molar-refractivity contribution < 1.29 is 9.53 Å². The lowest BCUT2D eigenvalue weighted by molar-refractivity contribution is 0.0514. The van der Waals surface area contributed by atoms with Gasteiger partial charge in [0.25, 0.3) is 0 Å². The summed E-state index contributed by atoms with van der Waals surface area (Å²) in [4.78, 5) is 20.7. The third-order valence-corrected chi connectivity index (χ3v) is 4.89. The number of fused-ring (bicyclic) bond motifs is 1. The maximum atomic E-state index is 12.3. The van der Waals surface area contributed by atoms with Gasteiger partial charge in [-0.05, 0) is 18.1 Å². The quantitative estimate of drug-likeness (QED) is 0.579. The monoisotopic (exact) mass is 330 g/mol. The molecule has 0 saturated heterocycles. The smallest absolute Gasteiger partial charge is 0.348 e. The van der Waals surface area contributed by atoms with Gasteiger partial charge in [0.1, 0.15) is 14.3 Å². The van der Waals surface area contributed by atoms with Crippen LogP contribution in [0, 0.1) is 11.6 Å². The van der Waals surface area contributed by atoms with E-state index in [9.17, 15) is 4.79 Å². The largest absolute Gasteiger partial charge is 0.461 e. The van der Waals surface area contributed by atoms with E-state index in [1.54, 1.807) is 6.33 Å². The van der Waals surface area contributed by atoms with Crippen LogP contribution in [0.3, 0.4) is 0 Å². The summed E-state index contributed by atoms with van der Waals surface area (Å²) in [5.41, 5.74) is 1.98. The second-order valence-corrected chi connectivity index (χ2v) is 6.25. The molecule has 3 aromatic rings. The van der Waals surface area contributed by atoms with Gasteiger partial charge in [-0.25, -0.2) is 9.78 Å². The van der Waals surface area contributed by atoms with Crippen molar-refractivity contribution in [1.29, 1.82) is 0 Å². The molecule has 0 bridgehead atoms. The Morgan fingerprint density at radius 3 is 2.86 bits per heavy atom. The summed E-state index contributed by atoms with van der Waals surface area (Å²) in [6.07, 6.45) is 2.25. The maximum Gasteiger partial charge on any atom is 0.348 e. The summed E-state index contributed by atoms with van der Waals surface area (Å²) < 4.78 is 5.98. The Morgan fingerprint density at radius 2 is 2.14 bits per heavy atom. The van der Waals surface area contributed by atoms with E-state index in [2.05, 4.69) is 9.97 Å². The molecule has 1 aromatic carbocycles. The zero-order valence-corrected chi connectivity index (χ0v) is 13.6. The van der Waals surface area contributed by atoms with Gasteiger partial charge < -0.3 is 9.72 Å². The number of aromatic nitrogens is 2. The maximum absolute atomic E-state index is 12.3. The summed E-state index contributed by atoms with van der Waals surface area (Å²) in [6, 6.07) is 9.94. The van der Waals surface area contributed by atoms with Crippen LogP contribution in [0.15, 0.2) is 36.7 Å². The highest BCUT2D eigenvalue weighted by Gasteiger charge is 2.18. The van der Waals surface area contributed by atoms with Crippen LogP contribution < -0.4 is 0 Å². The van der Waals surface area contributed by atoms with E-state index >= 15 is 0 Å². The van der Waals surface area contributed by atoms with Crippen LogP contribution in [0.5, 0.6) is 0 Å². The second kappa shape index (κ2) is 6.37. The fourth-order valence-corrected chi connectivity index (χ4v) is 3.67. The summed E-state index contributed by atoms with van der Waals surface area (Å²) in [5, 5.41) is 0.831.